The van der Waals surface area contributed by atoms with Gasteiger partial charge in [0.25, 0.3) is 11.8 Å². The molecule has 5 aliphatic heterocycles. The molecule has 0 bridgehead atoms. The van der Waals surface area contributed by atoms with E-state index in [2.05, 4.69) is 36.0 Å². The highest BCUT2D eigenvalue weighted by molar-refractivity contribution is 6.24. The Morgan fingerprint density at radius 1 is 0.793 bits per heavy atom. The number of carbonyl (C=O) groups is 4. The van der Waals surface area contributed by atoms with E-state index in [9.17, 15) is 23.6 Å². The van der Waals surface area contributed by atoms with Crippen LogP contribution in [0, 0.1) is 11.7 Å². The summed E-state index contributed by atoms with van der Waals surface area (Å²) in [6.45, 7) is 7.72. The number of imidazole rings is 1. The van der Waals surface area contributed by atoms with Crippen molar-refractivity contribution < 1.29 is 23.6 Å². The number of benzene rings is 2. The van der Waals surface area contributed by atoms with Crippen molar-refractivity contribution in [3.05, 3.63) is 107 Å². The first-order valence-electron chi connectivity index (χ1n) is 20.1. The van der Waals surface area contributed by atoms with Gasteiger partial charge in [0.1, 0.15) is 29.2 Å². The number of halogens is 1. The van der Waals surface area contributed by atoms with E-state index in [4.69, 9.17) is 10.1 Å². The van der Waals surface area contributed by atoms with Crippen LogP contribution in [0.1, 0.15) is 63.6 Å². The summed E-state index contributed by atoms with van der Waals surface area (Å²) in [5, 5.41) is 7.29. The summed E-state index contributed by atoms with van der Waals surface area (Å²) in [6.07, 6.45) is 4.00. The number of hydrogen-bond acceptors (Lipinski definition) is 11. The fraction of sp³-hybridized carbons (Fsp3) is 0.372. The minimum atomic E-state index is -0.973. The average Bonchev–Trinajstić information content (AvgIpc) is 3.94. The van der Waals surface area contributed by atoms with Gasteiger partial charge in [0.2, 0.25) is 11.8 Å². The number of imide groups is 2. The average molecular weight is 783 g/mol. The third kappa shape index (κ3) is 6.57. The number of hydrogen-bond donors (Lipinski definition) is 1. The smallest absolute Gasteiger partial charge is 0.262 e. The number of amides is 4. The summed E-state index contributed by atoms with van der Waals surface area (Å²) in [5.41, 5.74) is 4.79. The van der Waals surface area contributed by atoms with Crippen LogP contribution >= 0.6 is 0 Å². The molecule has 0 saturated carbocycles. The van der Waals surface area contributed by atoms with Crippen LogP contribution in [0.15, 0.2) is 79.0 Å². The van der Waals surface area contributed by atoms with Crippen LogP contribution in [-0.4, -0.2) is 116 Å². The first-order chi connectivity index (χ1) is 28.3. The lowest BCUT2D eigenvalue weighted by Crippen LogP contribution is -2.54. The molecule has 2 atom stereocenters. The first kappa shape index (κ1) is 36.3. The predicted octanol–water partition coefficient (Wildman–Crippen LogP) is 3.93. The second-order valence-electron chi connectivity index (χ2n) is 16.0. The maximum absolute atomic E-state index is 14.1. The van der Waals surface area contributed by atoms with Gasteiger partial charge in [-0.1, -0.05) is 30.3 Å². The second-order valence-corrected chi connectivity index (χ2v) is 16.0. The lowest BCUT2D eigenvalue weighted by Gasteiger charge is -2.44. The highest BCUT2D eigenvalue weighted by atomic mass is 19.1. The van der Waals surface area contributed by atoms with Crippen molar-refractivity contribution in [1.29, 1.82) is 0 Å². The minimum absolute atomic E-state index is 0.0627. The Hall–Kier alpha value is -6.06. The zero-order valence-electron chi connectivity index (χ0n) is 32.0. The van der Waals surface area contributed by atoms with Crippen molar-refractivity contribution in [3.8, 4) is 11.4 Å². The lowest BCUT2D eigenvalue weighted by molar-refractivity contribution is -0.136. The Kier molecular flexibility index (Phi) is 9.20. The van der Waals surface area contributed by atoms with E-state index in [1.54, 1.807) is 24.3 Å². The highest BCUT2D eigenvalue weighted by Gasteiger charge is 2.46. The Balaban J connectivity index is 0.747. The molecule has 14 nitrogen and oxygen atoms in total. The molecule has 8 heterocycles. The molecule has 10 rings (SSSR count). The molecule has 15 heteroatoms. The molecular weight excluding hydrogens is 740 g/mol. The number of nitrogens with one attached hydrogen (secondary N) is 1. The summed E-state index contributed by atoms with van der Waals surface area (Å²) < 4.78 is 16.0. The number of fused-ring (bicyclic) bond motifs is 2. The highest BCUT2D eigenvalue weighted by Crippen LogP contribution is 2.36. The molecule has 0 spiro atoms. The third-order valence-corrected chi connectivity index (χ3v) is 12.3. The van der Waals surface area contributed by atoms with Crippen molar-refractivity contribution in [1.82, 2.24) is 39.6 Å². The van der Waals surface area contributed by atoms with Crippen LogP contribution in [-0.2, 0) is 16.1 Å². The quantitative estimate of drug-likeness (QED) is 0.218. The molecule has 0 aliphatic carbocycles. The first-order valence-corrected chi connectivity index (χ1v) is 20.1. The van der Waals surface area contributed by atoms with Crippen molar-refractivity contribution in [3.63, 3.8) is 0 Å². The van der Waals surface area contributed by atoms with Gasteiger partial charge in [-0.05, 0) is 78.8 Å². The summed E-state index contributed by atoms with van der Waals surface area (Å²) in [5.74, 6) is 0.0942. The largest absolute Gasteiger partial charge is 0.354 e. The van der Waals surface area contributed by atoms with Crippen LogP contribution in [0.25, 0.3) is 17.0 Å². The van der Waals surface area contributed by atoms with Gasteiger partial charge in [-0.15, -0.1) is 5.10 Å². The van der Waals surface area contributed by atoms with E-state index in [0.717, 1.165) is 110 Å². The summed E-state index contributed by atoms with van der Waals surface area (Å²) in [7, 11) is 0. The predicted molar refractivity (Wildman–Crippen MR) is 212 cm³/mol. The summed E-state index contributed by atoms with van der Waals surface area (Å²) in [4.78, 5) is 71.1. The molecule has 1 N–H and O–H groups in total. The fourth-order valence-corrected chi connectivity index (χ4v) is 9.44. The molecule has 0 radical (unpaired) electrons. The summed E-state index contributed by atoms with van der Waals surface area (Å²) in [6, 6.07) is 21.3. The third-order valence-electron chi connectivity index (χ3n) is 12.3. The Morgan fingerprint density at radius 2 is 1.62 bits per heavy atom. The number of pyridine rings is 1. The van der Waals surface area contributed by atoms with Gasteiger partial charge in [0, 0.05) is 65.3 Å². The lowest BCUT2D eigenvalue weighted by atomic mass is 9.96. The van der Waals surface area contributed by atoms with E-state index in [-0.39, 0.29) is 30.6 Å². The van der Waals surface area contributed by atoms with Gasteiger partial charge in [-0.3, -0.25) is 39.2 Å². The SMILES string of the molecule is O=C1CCC(N2C(=O)c3cccc(CN4CC(CN5CCN(c6cccc(-c7cnc8ccc(N9CCC[C@@H]9c9cccc(F)c9)nn78)n6)CC5)C4)c3C2=O)C(=O)N1. The molecule has 4 amide bonds. The Labute approximate surface area is 334 Å². The fourth-order valence-electron chi connectivity index (χ4n) is 9.44. The van der Waals surface area contributed by atoms with Crippen LogP contribution in [0.3, 0.4) is 0 Å². The normalized spacial score (nSPS) is 21.9. The van der Waals surface area contributed by atoms with Crippen LogP contribution in [0.5, 0.6) is 0 Å². The van der Waals surface area contributed by atoms with Gasteiger partial charge >= 0.3 is 0 Å². The number of anilines is 2. The number of rotatable bonds is 9. The number of piperazine rings is 1. The Morgan fingerprint density at radius 3 is 2.45 bits per heavy atom. The minimum Gasteiger partial charge on any atom is -0.354 e. The molecule has 3 aromatic heterocycles. The van der Waals surface area contributed by atoms with Gasteiger partial charge in [0.05, 0.1) is 29.1 Å². The maximum Gasteiger partial charge on any atom is 0.262 e. The second kappa shape index (κ2) is 14.7. The van der Waals surface area contributed by atoms with Crippen LogP contribution in [0.4, 0.5) is 16.0 Å². The molecular formula is C43H43FN10O4. The monoisotopic (exact) mass is 782 g/mol. The van der Waals surface area contributed by atoms with Crippen LogP contribution in [0.2, 0.25) is 0 Å². The summed E-state index contributed by atoms with van der Waals surface area (Å²) >= 11 is 0. The number of nitrogens with zero attached hydrogens (tertiary/aromatic N) is 9. The molecule has 2 aromatic carbocycles. The molecule has 4 fully saturated rings. The molecule has 5 aromatic rings. The van der Waals surface area contributed by atoms with Gasteiger partial charge in [-0.25, -0.2) is 18.9 Å². The van der Waals surface area contributed by atoms with E-state index in [1.807, 2.05) is 47.1 Å². The number of aromatic nitrogens is 4. The number of piperidine rings is 1. The Bertz CT molecular complexity index is 2460. The molecule has 58 heavy (non-hydrogen) atoms. The van der Waals surface area contributed by atoms with Crippen molar-refractivity contribution in [2.45, 2.75) is 44.3 Å². The molecule has 296 valence electrons. The van der Waals surface area contributed by atoms with Gasteiger partial charge < -0.3 is 9.80 Å². The van der Waals surface area contributed by atoms with E-state index >= 15 is 0 Å². The maximum atomic E-state index is 14.1. The molecule has 5 aliphatic rings. The molecule has 4 saturated heterocycles. The molecule has 1 unspecified atom stereocenters. The van der Waals surface area contributed by atoms with Crippen molar-refractivity contribution >= 4 is 40.9 Å². The van der Waals surface area contributed by atoms with Crippen molar-refractivity contribution in [2.24, 2.45) is 5.92 Å². The number of carbonyl (C=O) groups excluding carboxylic acids is 4. The zero-order chi connectivity index (χ0) is 39.5. The van der Waals surface area contributed by atoms with Crippen LogP contribution < -0.4 is 15.1 Å². The number of likely N-dealkylation sites (tertiary alicyclic amines) is 1. The zero-order valence-corrected chi connectivity index (χ0v) is 32.0. The van der Waals surface area contributed by atoms with Gasteiger partial charge in [-0.2, -0.15) is 0 Å². The van der Waals surface area contributed by atoms with E-state index in [0.29, 0.717) is 23.6 Å². The van der Waals surface area contributed by atoms with Crippen molar-refractivity contribution in [2.75, 3.05) is 62.2 Å². The standard InChI is InChI=1S/C43H43FN10O4/c44-30-7-1-5-28(21-30)33-10-4-16-52(33)38-14-13-36-45-22-35(54(36)48-38)32-9-3-11-37(46-32)51-19-17-49(18-20-51)23-27-24-50(25-27)26-29-6-2-8-31-40(29)43(58)53(42(31)57)34-12-15-39(55)47-41(34)56/h1-3,5-9,11,13-14,21-22,27,33-34H,4,10,12,15-20,23-26H2,(H,47,55,56)/t33-,34?/m1/s1. The van der Waals surface area contributed by atoms with Gasteiger partial charge in [0.15, 0.2) is 5.65 Å². The van der Waals surface area contributed by atoms with E-state index in [1.165, 1.54) is 6.07 Å². The topological polar surface area (TPSA) is 140 Å². The van der Waals surface area contributed by atoms with E-state index < -0.39 is 23.8 Å².